The van der Waals surface area contributed by atoms with Crippen molar-refractivity contribution in [3.8, 4) is 0 Å². The van der Waals surface area contributed by atoms with Crippen molar-refractivity contribution in [2.45, 2.75) is 38.6 Å². The molecular formula is C23H26ClN3O2. The van der Waals surface area contributed by atoms with Gasteiger partial charge in [-0.1, -0.05) is 23.7 Å². The van der Waals surface area contributed by atoms with E-state index in [9.17, 15) is 9.59 Å². The second kappa shape index (κ2) is 8.87. The number of anilines is 2. The van der Waals surface area contributed by atoms with Crippen molar-refractivity contribution in [3.05, 3.63) is 58.6 Å². The van der Waals surface area contributed by atoms with Crippen LogP contribution in [0.3, 0.4) is 0 Å². The second-order valence-corrected chi connectivity index (χ2v) is 8.22. The molecule has 2 aromatic carbocycles. The third-order valence-electron chi connectivity index (χ3n) is 5.66. The van der Waals surface area contributed by atoms with E-state index < -0.39 is 0 Å². The minimum absolute atomic E-state index is 0.158. The normalized spacial score (nSPS) is 16.9. The van der Waals surface area contributed by atoms with Gasteiger partial charge in [-0.05, 0) is 61.6 Å². The zero-order valence-corrected chi connectivity index (χ0v) is 17.3. The quantitative estimate of drug-likeness (QED) is 0.775. The van der Waals surface area contributed by atoms with Crippen molar-refractivity contribution in [1.82, 2.24) is 4.90 Å². The predicted molar refractivity (Wildman–Crippen MR) is 117 cm³/mol. The average molecular weight is 412 g/mol. The zero-order valence-electron chi connectivity index (χ0n) is 16.5. The average Bonchev–Trinajstić information content (AvgIpc) is 3.14. The lowest BCUT2D eigenvalue weighted by molar-refractivity contribution is -0.128. The summed E-state index contributed by atoms with van der Waals surface area (Å²) < 4.78 is 0. The maximum absolute atomic E-state index is 12.8. The molecule has 0 saturated carbocycles. The first-order chi connectivity index (χ1) is 14.1. The van der Waals surface area contributed by atoms with E-state index >= 15 is 0 Å². The highest BCUT2D eigenvalue weighted by molar-refractivity contribution is 6.31. The highest BCUT2D eigenvalue weighted by Gasteiger charge is 2.20. The Labute approximate surface area is 176 Å². The standard InChI is InChI=1S/C23H26ClN3O2/c24-19-10-11-21(26-12-2-1-3-13-26)20(15-19)25-23(29)18-8-6-17(7-9-18)16-27-14-4-5-22(27)28/h6-11,15H,1-5,12-14,16H2,(H,25,29). The molecule has 0 spiro atoms. The summed E-state index contributed by atoms with van der Waals surface area (Å²) >= 11 is 6.20. The van der Waals surface area contributed by atoms with Crippen LogP contribution in [0, 0.1) is 0 Å². The Morgan fingerprint density at radius 1 is 0.966 bits per heavy atom. The lowest BCUT2D eigenvalue weighted by Gasteiger charge is -2.30. The molecule has 152 valence electrons. The number of hydrogen-bond donors (Lipinski definition) is 1. The van der Waals surface area contributed by atoms with Crippen LogP contribution >= 0.6 is 11.6 Å². The van der Waals surface area contributed by atoms with Gasteiger partial charge < -0.3 is 15.1 Å². The van der Waals surface area contributed by atoms with E-state index in [1.165, 1.54) is 6.42 Å². The van der Waals surface area contributed by atoms with Crippen LogP contribution in [0.1, 0.15) is 48.0 Å². The summed E-state index contributed by atoms with van der Waals surface area (Å²) in [5.74, 6) is 0.0485. The number of amides is 2. The van der Waals surface area contributed by atoms with Gasteiger partial charge in [-0.25, -0.2) is 0 Å². The number of benzene rings is 2. The molecule has 2 fully saturated rings. The summed E-state index contributed by atoms with van der Waals surface area (Å²) in [6.07, 6.45) is 5.15. The Morgan fingerprint density at radius 3 is 2.41 bits per heavy atom. The third kappa shape index (κ3) is 4.73. The second-order valence-electron chi connectivity index (χ2n) is 7.78. The highest BCUT2D eigenvalue weighted by Crippen LogP contribution is 2.31. The van der Waals surface area contributed by atoms with Crippen molar-refractivity contribution < 1.29 is 9.59 Å². The summed E-state index contributed by atoms with van der Waals surface area (Å²) in [5, 5.41) is 3.64. The topological polar surface area (TPSA) is 52.7 Å². The van der Waals surface area contributed by atoms with E-state index in [0.29, 0.717) is 23.6 Å². The van der Waals surface area contributed by atoms with Crippen LogP contribution in [0.25, 0.3) is 0 Å². The van der Waals surface area contributed by atoms with Gasteiger partial charge in [0.1, 0.15) is 0 Å². The molecule has 2 amide bonds. The number of rotatable bonds is 5. The van der Waals surface area contributed by atoms with Gasteiger partial charge >= 0.3 is 0 Å². The van der Waals surface area contributed by atoms with Gasteiger partial charge in [-0.3, -0.25) is 9.59 Å². The van der Waals surface area contributed by atoms with Crippen molar-refractivity contribution >= 4 is 34.8 Å². The van der Waals surface area contributed by atoms with Gasteiger partial charge in [-0.15, -0.1) is 0 Å². The Morgan fingerprint density at radius 2 is 1.72 bits per heavy atom. The fourth-order valence-electron chi connectivity index (χ4n) is 4.07. The van der Waals surface area contributed by atoms with Crippen molar-refractivity contribution in [3.63, 3.8) is 0 Å². The van der Waals surface area contributed by atoms with Gasteiger partial charge in [0.25, 0.3) is 5.91 Å². The van der Waals surface area contributed by atoms with E-state index in [0.717, 1.165) is 55.8 Å². The monoisotopic (exact) mass is 411 g/mol. The lowest BCUT2D eigenvalue weighted by Crippen LogP contribution is -2.30. The molecular weight excluding hydrogens is 386 g/mol. The van der Waals surface area contributed by atoms with Crippen molar-refractivity contribution in [1.29, 1.82) is 0 Å². The SMILES string of the molecule is O=C(Nc1cc(Cl)ccc1N1CCCCC1)c1ccc(CN2CCCC2=O)cc1. The fourth-order valence-corrected chi connectivity index (χ4v) is 4.24. The summed E-state index contributed by atoms with van der Waals surface area (Å²) in [5.41, 5.74) is 3.39. The first-order valence-electron chi connectivity index (χ1n) is 10.3. The Balaban J connectivity index is 1.46. The number of carbonyl (C=O) groups excluding carboxylic acids is 2. The van der Waals surface area contributed by atoms with E-state index in [2.05, 4.69) is 10.2 Å². The molecule has 0 aromatic heterocycles. The van der Waals surface area contributed by atoms with Gasteiger partial charge in [-0.2, -0.15) is 0 Å². The summed E-state index contributed by atoms with van der Waals surface area (Å²) in [7, 11) is 0. The molecule has 2 aromatic rings. The molecule has 0 bridgehead atoms. The number of halogens is 1. The first kappa shape index (κ1) is 19.8. The van der Waals surface area contributed by atoms with Crippen LogP contribution in [0.2, 0.25) is 5.02 Å². The number of nitrogens with one attached hydrogen (secondary N) is 1. The zero-order chi connectivity index (χ0) is 20.2. The van der Waals surface area contributed by atoms with E-state index in [1.54, 1.807) is 0 Å². The van der Waals surface area contributed by atoms with Crippen LogP contribution < -0.4 is 10.2 Å². The van der Waals surface area contributed by atoms with Crippen LogP contribution in [0.5, 0.6) is 0 Å². The molecule has 0 aliphatic carbocycles. The predicted octanol–water partition coefficient (Wildman–Crippen LogP) is 4.71. The molecule has 29 heavy (non-hydrogen) atoms. The molecule has 4 rings (SSSR count). The van der Waals surface area contributed by atoms with E-state index in [-0.39, 0.29) is 11.8 Å². The smallest absolute Gasteiger partial charge is 0.255 e. The van der Waals surface area contributed by atoms with E-state index in [1.807, 2.05) is 47.4 Å². The molecule has 2 saturated heterocycles. The van der Waals surface area contributed by atoms with Gasteiger partial charge in [0.15, 0.2) is 0 Å². The molecule has 0 atom stereocenters. The van der Waals surface area contributed by atoms with Gasteiger partial charge in [0, 0.05) is 43.2 Å². The lowest BCUT2D eigenvalue weighted by atomic mass is 10.1. The summed E-state index contributed by atoms with van der Waals surface area (Å²) in [6, 6.07) is 13.1. The van der Waals surface area contributed by atoms with Crippen molar-refractivity contribution in [2.75, 3.05) is 29.9 Å². The Hall–Kier alpha value is -2.53. The number of likely N-dealkylation sites (tertiary alicyclic amines) is 1. The van der Waals surface area contributed by atoms with Gasteiger partial charge in [0.05, 0.1) is 11.4 Å². The summed E-state index contributed by atoms with van der Waals surface area (Å²) in [4.78, 5) is 28.8. The molecule has 2 aliphatic rings. The minimum atomic E-state index is -0.158. The van der Waals surface area contributed by atoms with Crippen LogP contribution in [-0.2, 0) is 11.3 Å². The number of hydrogen-bond acceptors (Lipinski definition) is 3. The van der Waals surface area contributed by atoms with Crippen LogP contribution in [0.4, 0.5) is 11.4 Å². The minimum Gasteiger partial charge on any atom is -0.370 e. The number of carbonyl (C=O) groups is 2. The first-order valence-corrected chi connectivity index (χ1v) is 10.7. The van der Waals surface area contributed by atoms with Crippen LogP contribution in [0.15, 0.2) is 42.5 Å². The molecule has 2 aliphatic heterocycles. The summed E-state index contributed by atoms with van der Waals surface area (Å²) in [6.45, 7) is 3.41. The third-order valence-corrected chi connectivity index (χ3v) is 5.90. The maximum atomic E-state index is 12.8. The Kier molecular flexibility index (Phi) is 6.05. The maximum Gasteiger partial charge on any atom is 0.255 e. The molecule has 6 heteroatoms. The molecule has 5 nitrogen and oxygen atoms in total. The molecule has 0 unspecified atom stereocenters. The highest BCUT2D eigenvalue weighted by atomic mass is 35.5. The fraction of sp³-hybridized carbons (Fsp3) is 0.391. The van der Waals surface area contributed by atoms with Crippen LogP contribution in [-0.4, -0.2) is 36.3 Å². The number of nitrogens with zero attached hydrogens (tertiary/aromatic N) is 2. The van der Waals surface area contributed by atoms with Gasteiger partial charge in [0.2, 0.25) is 5.91 Å². The largest absolute Gasteiger partial charge is 0.370 e. The molecule has 2 heterocycles. The molecule has 0 radical (unpaired) electrons. The van der Waals surface area contributed by atoms with E-state index in [4.69, 9.17) is 11.6 Å². The van der Waals surface area contributed by atoms with Crippen molar-refractivity contribution in [2.24, 2.45) is 0 Å². The Bertz CT molecular complexity index is 891. The molecule has 1 N–H and O–H groups in total. The number of piperidine rings is 1.